The fourth-order valence-electron chi connectivity index (χ4n) is 6.42. The van der Waals surface area contributed by atoms with Crippen LogP contribution in [0.4, 0.5) is 20.6 Å². The van der Waals surface area contributed by atoms with E-state index in [9.17, 15) is 23.6 Å². The van der Waals surface area contributed by atoms with Crippen LogP contribution in [0.2, 0.25) is 0 Å². The molecule has 1 saturated heterocycles. The molecule has 0 saturated carbocycles. The second-order valence-corrected chi connectivity index (χ2v) is 12.6. The summed E-state index contributed by atoms with van der Waals surface area (Å²) in [5, 5.41) is 21.5. The first kappa shape index (κ1) is 37.4. The number of alkyl carbamates (subject to hydrolysis) is 1. The van der Waals surface area contributed by atoms with E-state index >= 15 is 0 Å². The Morgan fingerprint density at radius 3 is 2.35 bits per heavy atom. The fraction of sp³-hybridized carbons (Fsp3) is 0.316. The van der Waals surface area contributed by atoms with E-state index in [1.807, 2.05) is 34.9 Å². The standard InChI is InChI=1S/C38H43FN8O5/c1-4-47(28-10-12-32(40)30(20-28)34(41)26-9-11-31(39)29(19-26)36(49)43-2)37(50)27-13-16-45(21-27)22-33(48)46-17-14-24(15-18-46)23-5-7-25(8-6-23)35(42)52-38(51)44-3/h5-12,14,19-20,27,41-42H,4,13,15-18,21-22,40H2,1-3H3,(H,43,49)(H,44,51)/t27-/m1/s1. The molecule has 52 heavy (non-hydrogen) atoms. The Morgan fingerprint density at radius 1 is 0.962 bits per heavy atom. The zero-order valence-electron chi connectivity index (χ0n) is 29.4. The van der Waals surface area contributed by atoms with Gasteiger partial charge in [-0.25, -0.2) is 9.18 Å². The van der Waals surface area contributed by atoms with Gasteiger partial charge >= 0.3 is 6.09 Å². The molecule has 272 valence electrons. The van der Waals surface area contributed by atoms with Gasteiger partial charge in [0.25, 0.3) is 5.91 Å². The molecule has 0 radical (unpaired) electrons. The van der Waals surface area contributed by atoms with Crippen LogP contribution in [0.5, 0.6) is 0 Å². The van der Waals surface area contributed by atoms with Gasteiger partial charge in [-0.05, 0) is 86.0 Å². The SMILES string of the molecule is CCN(C(=O)[C@@H]1CCN(CC(=O)N2CC=C(c3ccc(C(=N)OC(=O)NC)cc3)CC2)C1)c1ccc(N)c(C(=N)c2ccc(F)c(C(=O)NC)c2)c1. The molecule has 6 N–H and O–H groups in total. The van der Waals surface area contributed by atoms with Gasteiger partial charge in [-0.15, -0.1) is 0 Å². The van der Waals surface area contributed by atoms with Crippen LogP contribution in [-0.2, 0) is 14.3 Å². The first-order chi connectivity index (χ1) is 24.9. The normalized spacial score (nSPS) is 15.7. The lowest BCUT2D eigenvalue weighted by Gasteiger charge is -2.29. The molecular weight excluding hydrogens is 667 g/mol. The Balaban J connectivity index is 1.18. The molecule has 2 heterocycles. The largest absolute Gasteiger partial charge is 0.413 e. The number of amides is 4. The number of rotatable bonds is 10. The van der Waals surface area contributed by atoms with Crippen LogP contribution in [0.1, 0.15) is 52.4 Å². The van der Waals surface area contributed by atoms with Crippen molar-refractivity contribution >= 4 is 52.4 Å². The van der Waals surface area contributed by atoms with Gasteiger partial charge < -0.3 is 30.9 Å². The van der Waals surface area contributed by atoms with Crippen LogP contribution in [0.25, 0.3) is 5.57 Å². The Hall–Kier alpha value is -5.89. The van der Waals surface area contributed by atoms with E-state index in [1.165, 1.54) is 26.2 Å². The minimum absolute atomic E-state index is 0.00653. The van der Waals surface area contributed by atoms with E-state index in [2.05, 4.69) is 10.6 Å². The molecule has 4 amide bonds. The molecule has 13 nitrogen and oxygen atoms in total. The van der Waals surface area contributed by atoms with Crippen LogP contribution in [0.3, 0.4) is 0 Å². The summed E-state index contributed by atoms with van der Waals surface area (Å²) >= 11 is 0. The van der Waals surface area contributed by atoms with E-state index in [0.717, 1.165) is 17.2 Å². The molecule has 5 rings (SSSR count). The molecule has 3 aromatic rings. The molecule has 3 aromatic carbocycles. The van der Waals surface area contributed by atoms with Gasteiger partial charge in [-0.2, -0.15) is 0 Å². The number of halogens is 1. The third-order valence-electron chi connectivity index (χ3n) is 9.39. The zero-order valence-corrected chi connectivity index (χ0v) is 29.4. The molecule has 0 spiro atoms. The number of nitrogen functional groups attached to an aromatic ring is 1. The molecule has 1 fully saturated rings. The summed E-state index contributed by atoms with van der Waals surface area (Å²) in [6.07, 6.45) is 2.59. The average Bonchev–Trinajstić information content (AvgIpc) is 3.63. The van der Waals surface area contributed by atoms with Crippen molar-refractivity contribution in [3.05, 3.63) is 100 Å². The van der Waals surface area contributed by atoms with Crippen LogP contribution in [-0.4, -0.2) is 98.6 Å². The van der Waals surface area contributed by atoms with Crippen molar-refractivity contribution in [2.45, 2.75) is 19.8 Å². The van der Waals surface area contributed by atoms with Crippen LogP contribution >= 0.6 is 0 Å². The van der Waals surface area contributed by atoms with Crippen molar-refractivity contribution in [2.24, 2.45) is 5.92 Å². The number of nitrogens with two attached hydrogens (primary N) is 1. The van der Waals surface area contributed by atoms with E-state index in [-0.39, 0.29) is 41.4 Å². The monoisotopic (exact) mass is 710 g/mol. The van der Waals surface area contributed by atoms with Gasteiger partial charge in [0.2, 0.25) is 17.7 Å². The number of carbonyl (C=O) groups excluding carboxylic acids is 4. The highest BCUT2D eigenvalue weighted by molar-refractivity contribution is 6.15. The predicted molar refractivity (Wildman–Crippen MR) is 197 cm³/mol. The number of ether oxygens (including phenoxy) is 1. The Kier molecular flexibility index (Phi) is 11.8. The number of hydrogen-bond acceptors (Lipinski definition) is 9. The lowest BCUT2D eigenvalue weighted by Crippen LogP contribution is -2.42. The number of nitrogens with zero attached hydrogens (tertiary/aromatic N) is 3. The maximum atomic E-state index is 14.3. The fourth-order valence-corrected chi connectivity index (χ4v) is 6.42. The first-order valence-electron chi connectivity index (χ1n) is 17.0. The molecule has 0 unspecified atom stereocenters. The van der Waals surface area contributed by atoms with Crippen molar-refractivity contribution < 1.29 is 28.3 Å². The summed E-state index contributed by atoms with van der Waals surface area (Å²) in [4.78, 5) is 56.1. The summed E-state index contributed by atoms with van der Waals surface area (Å²) in [6.45, 7) is 4.52. The van der Waals surface area contributed by atoms with Crippen molar-refractivity contribution in [1.82, 2.24) is 20.4 Å². The van der Waals surface area contributed by atoms with Gasteiger partial charge in [0.1, 0.15) is 5.82 Å². The van der Waals surface area contributed by atoms with E-state index in [1.54, 1.807) is 35.2 Å². The highest BCUT2D eigenvalue weighted by Crippen LogP contribution is 2.28. The highest BCUT2D eigenvalue weighted by atomic mass is 19.1. The van der Waals surface area contributed by atoms with E-state index in [0.29, 0.717) is 73.6 Å². The van der Waals surface area contributed by atoms with E-state index in [4.69, 9.17) is 21.3 Å². The highest BCUT2D eigenvalue weighted by Gasteiger charge is 2.33. The molecule has 0 bridgehead atoms. The number of likely N-dealkylation sites (tertiary alicyclic amines) is 1. The van der Waals surface area contributed by atoms with Gasteiger partial charge in [-0.3, -0.25) is 30.1 Å². The minimum atomic E-state index is -0.704. The number of hydrogen-bond donors (Lipinski definition) is 5. The average molecular weight is 711 g/mol. The van der Waals surface area contributed by atoms with Crippen molar-refractivity contribution in [3.63, 3.8) is 0 Å². The summed E-state index contributed by atoms with van der Waals surface area (Å²) in [7, 11) is 2.82. The quantitative estimate of drug-likeness (QED) is 0.120. The Bertz CT molecular complexity index is 1930. The number of carbonyl (C=O) groups is 4. The van der Waals surface area contributed by atoms with Crippen LogP contribution < -0.4 is 21.3 Å². The Labute approximate surface area is 301 Å². The van der Waals surface area contributed by atoms with Crippen molar-refractivity contribution in [3.8, 4) is 0 Å². The number of nitrogens with one attached hydrogen (secondary N) is 4. The minimum Gasteiger partial charge on any atom is -0.398 e. The molecule has 14 heteroatoms. The Morgan fingerprint density at radius 2 is 1.69 bits per heavy atom. The summed E-state index contributed by atoms with van der Waals surface area (Å²) in [5.74, 6) is -1.97. The maximum absolute atomic E-state index is 14.3. The lowest BCUT2D eigenvalue weighted by atomic mass is 9.97. The molecule has 2 aliphatic heterocycles. The van der Waals surface area contributed by atoms with Crippen LogP contribution in [0, 0.1) is 22.6 Å². The van der Waals surface area contributed by atoms with Gasteiger partial charge in [-0.1, -0.05) is 18.2 Å². The van der Waals surface area contributed by atoms with Crippen LogP contribution in [0.15, 0.2) is 66.7 Å². The second-order valence-electron chi connectivity index (χ2n) is 12.6. The second kappa shape index (κ2) is 16.4. The van der Waals surface area contributed by atoms with Crippen molar-refractivity contribution in [2.75, 3.05) is 64.0 Å². The summed E-state index contributed by atoms with van der Waals surface area (Å²) < 4.78 is 19.2. The summed E-state index contributed by atoms with van der Waals surface area (Å²) in [5.41, 5.74) is 10.1. The number of anilines is 2. The molecule has 2 aliphatic rings. The topological polar surface area (TPSA) is 185 Å². The molecule has 0 aliphatic carbocycles. The van der Waals surface area contributed by atoms with Crippen molar-refractivity contribution in [1.29, 1.82) is 10.8 Å². The van der Waals surface area contributed by atoms with Gasteiger partial charge in [0.05, 0.1) is 23.7 Å². The summed E-state index contributed by atoms with van der Waals surface area (Å²) in [6, 6.07) is 16.0. The third kappa shape index (κ3) is 8.35. The van der Waals surface area contributed by atoms with Gasteiger partial charge in [0.15, 0.2) is 0 Å². The molecule has 1 atom stereocenters. The molecular formula is C38H43FN8O5. The number of benzene rings is 3. The first-order valence-corrected chi connectivity index (χ1v) is 17.0. The smallest absolute Gasteiger partial charge is 0.398 e. The zero-order chi connectivity index (χ0) is 37.5. The van der Waals surface area contributed by atoms with E-state index < -0.39 is 17.8 Å². The lowest BCUT2D eigenvalue weighted by molar-refractivity contribution is -0.132. The van der Waals surface area contributed by atoms with Gasteiger partial charge in [0, 0.05) is 68.3 Å². The third-order valence-corrected chi connectivity index (χ3v) is 9.39. The maximum Gasteiger partial charge on any atom is 0.413 e. The molecule has 0 aromatic heterocycles. The predicted octanol–water partition coefficient (Wildman–Crippen LogP) is 3.86.